The van der Waals surface area contributed by atoms with Gasteiger partial charge in [-0.3, -0.25) is 9.79 Å². The van der Waals surface area contributed by atoms with Crippen LogP contribution >= 0.6 is 0 Å². The highest BCUT2D eigenvalue weighted by atomic mass is 32.2. The van der Waals surface area contributed by atoms with Crippen LogP contribution in [0.1, 0.15) is 20.8 Å². The van der Waals surface area contributed by atoms with Gasteiger partial charge >= 0.3 is 0 Å². The molecule has 0 radical (unpaired) electrons. The van der Waals surface area contributed by atoms with E-state index in [-0.39, 0.29) is 30.4 Å². The van der Waals surface area contributed by atoms with E-state index >= 15 is 0 Å². The first-order valence-electron chi connectivity index (χ1n) is 7.04. The Balaban J connectivity index is 3.83. The second-order valence-electron chi connectivity index (χ2n) is 5.89. The second kappa shape index (κ2) is 9.62. The highest BCUT2D eigenvalue weighted by Crippen LogP contribution is 1.96. The number of carbonyl (C=O) groups is 1. The van der Waals surface area contributed by atoms with Crippen molar-refractivity contribution in [1.82, 2.24) is 16.0 Å². The van der Waals surface area contributed by atoms with E-state index < -0.39 is 9.84 Å². The molecule has 0 aromatic heterocycles. The van der Waals surface area contributed by atoms with Crippen LogP contribution in [0.3, 0.4) is 0 Å². The number of sulfone groups is 1. The smallest absolute Gasteiger partial charge is 0.239 e. The molecule has 0 rings (SSSR count). The summed E-state index contributed by atoms with van der Waals surface area (Å²) in [6, 6.07) is 0. The van der Waals surface area contributed by atoms with Crippen molar-refractivity contribution in [3.05, 3.63) is 0 Å². The van der Waals surface area contributed by atoms with E-state index in [4.69, 9.17) is 4.74 Å². The Morgan fingerprint density at radius 1 is 1.18 bits per heavy atom. The van der Waals surface area contributed by atoms with Crippen molar-refractivity contribution < 1.29 is 17.9 Å². The summed E-state index contributed by atoms with van der Waals surface area (Å²) >= 11 is 0. The molecule has 0 aliphatic carbocycles. The molecule has 22 heavy (non-hydrogen) atoms. The monoisotopic (exact) mass is 336 g/mol. The first kappa shape index (κ1) is 20.6. The Kier molecular flexibility index (Phi) is 9.03. The van der Waals surface area contributed by atoms with Gasteiger partial charge < -0.3 is 20.7 Å². The summed E-state index contributed by atoms with van der Waals surface area (Å²) in [4.78, 5) is 15.6. The number of nitrogens with zero attached hydrogens (tertiary/aromatic N) is 1. The Labute approximate surface area is 133 Å². The van der Waals surface area contributed by atoms with E-state index in [1.54, 1.807) is 7.05 Å². The zero-order valence-electron chi connectivity index (χ0n) is 14.0. The molecule has 0 heterocycles. The largest absolute Gasteiger partial charge is 0.379 e. The van der Waals surface area contributed by atoms with Crippen molar-refractivity contribution >= 4 is 21.7 Å². The van der Waals surface area contributed by atoms with Crippen molar-refractivity contribution in [2.24, 2.45) is 4.99 Å². The quantitative estimate of drug-likeness (QED) is 0.302. The van der Waals surface area contributed by atoms with Gasteiger partial charge in [0.15, 0.2) is 5.96 Å². The molecule has 0 aromatic rings. The third-order valence-electron chi connectivity index (χ3n) is 2.29. The lowest BCUT2D eigenvalue weighted by molar-refractivity contribution is -0.121. The van der Waals surface area contributed by atoms with Crippen LogP contribution in [-0.4, -0.2) is 71.2 Å². The summed E-state index contributed by atoms with van der Waals surface area (Å²) < 4.78 is 27.0. The van der Waals surface area contributed by atoms with Gasteiger partial charge in [-0.15, -0.1) is 0 Å². The standard InChI is InChI=1S/C13H28N4O4S/c1-13(2,3)17-11(18)10-16-12(14-4)15-6-7-21-8-9-22(5,19)20/h6-10H2,1-5H3,(H,17,18)(H2,14,15,16). The summed E-state index contributed by atoms with van der Waals surface area (Å²) in [5.41, 5.74) is -0.275. The van der Waals surface area contributed by atoms with Crippen molar-refractivity contribution in [2.75, 3.05) is 45.4 Å². The van der Waals surface area contributed by atoms with Crippen LogP contribution < -0.4 is 16.0 Å². The number of nitrogens with one attached hydrogen (secondary N) is 3. The zero-order valence-corrected chi connectivity index (χ0v) is 14.8. The van der Waals surface area contributed by atoms with Crippen molar-refractivity contribution in [3.63, 3.8) is 0 Å². The maximum absolute atomic E-state index is 11.7. The molecule has 0 aromatic carbocycles. The van der Waals surface area contributed by atoms with Crippen molar-refractivity contribution in [2.45, 2.75) is 26.3 Å². The van der Waals surface area contributed by atoms with E-state index in [1.165, 1.54) is 6.26 Å². The normalized spacial score (nSPS) is 12.9. The molecule has 3 N–H and O–H groups in total. The molecule has 0 unspecified atom stereocenters. The third-order valence-corrected chi connectivity index (χ3v) is 3.20. The number of guanidine groups is 1. The molecular formula is C13H28N4O4S. The average Bonchev–Trinajstić information content (AvgIpc) is 2.33. The van der Waals surface area contributed by atoms with Crippen LogP contribution in [0.4, 0.5) is 0 Å². The number of rotatable bonds is 8. The topological polar surface area (TPSA) is 109 Å². The number of hydrogen-bond acceptors (Lipinski definition) is 5. The number of ether oxygens (including phenoxy) is 1. The fourth-order valence-corrected chi connectivity index (χ4v) is 1.82. The van der Waals surface area contributed by atoms with Crippen LogP contribution in [-0.2, 0) is 19.4 Å². The van der Waals surface area contributed by atoms with Gasteiger partial charge in [0.05, 0.1) is 25.5 Å². The maximum Gasteiger partial charge on any atom is 0.239 e. The fourth-order valence-electron chi connectivity index (χ4n) is 1.40. The lowest BCUT2D eigenvalue weighted by Crippen LogP contribution is -2.48. The lowest BCUT2D eigenvalue weighted by atomic mass is 10.1. The van der Waals surface area contributed by atoms with Gasteiger partial charge in [0, 0.05) is 25.4 Å². The van der Waals surface area contributed by atoms with Gasteiger partial charge in [-0.1, -0.05) is 0 Å². The number of hydrogen-bond donors (Lipinski definition) is 3. The molecule has 0 saturated heterocycles. The van der Waals surface area contributed by atoms with E-state index in [0.717, 1.165) is 0 Å². The molecule has 0 saturated carbocycles. The Morgan fingerprint density at radius 2 is 1.82 bits per heavy atom. The minimum Gasteiger partial charge on any atom is -0.379 e. The van der Waals surface area contributed by atoms with Gasteiger partial charge in [-0.25, -0.2) is 8.42 Å². The van der Waals surface area contributed by atoms with Crippen LogP contribution in [0.15, 0.2) is 4.99 Å². The lowest BCUT2D eigenvalue weighted by Gasteiger charge is -2.21. The van der Waals surface area contributed by atoms with Gasteiger partial charge in [-0.2, -0.15) is 0 Å². The molecule has 130 valence electrons. The van der Waals surface area contributed by atoms with Crippen LogP contribution in [0.25, 0.3) is 0 Å². The molecule has 8 nitrogen and oxygen atoms in total. The van der Waals surface area contributed by atoms with Gasteiger partial charge in [0.1, 0.15) is 9.84 Å². The third kappa shape index (κ3) is 13.6. The van der Waals surface area contributed by atoms with Crippen molar-refractivity contribution in [1.29, 1.82) is 0 Å². The van der Waals surface area contributed by atoms with Crippen molar-refractivity contribution in [3.8, 4) is 0 Å². The molecule has 0 spiro atoms. The summed E-state index contributed by atoms with van der Waals surface area (Å²) in [5, 5.41) is 8.68. The Bertz CT molecular complexity index is 469. The molecule has 0 bridgehead atoms. The minimum atomic E-state index is -2.99. The van der Waals surface area contributed by atoms with Crippen LogP contribution in [0, 0.1) is 0 Å². The molecule has 0 aliphatic heterocycles. The molecule has 9 heteroatoms. The second-order valence-corrected chi connectivity index (χ2v) is 8.15. The zero-order chi connectivity index (χ0) is 17.2. The highest BCUT2D eigenvalue weighted by molar-refractivity contribution is 7.90. The summed E-state index contributed by atoms with van der Waals surface area (Å²) in [6.07, 6.45) is 1.17. The molecular weight excluding hydrogens is 308 g/mol. The minimum absolute atomic E-state index is 0.00689. The molecule has 0 fully saturated rings. The summed E-state index contributed by atoms with van der Waals surface area (Å²) in [6.45, 7) is 6.82. The van der Waals surface area contributed by atoms with E-state index in [0.29, 0.717) is 19.1 Å². The predicted octanol–water partition coefficient (Wildman–Crippen LogP) is -0.873. The molecule has 0 atom stereocenters. The Morgan fingerprint density at radius 3 is 2.32 bits per heavy atom. The van der Waals surface area contributed by atoms with E-state index in [1.807, 2.05) is 20.8 Å². The Hall–Kier alpha value is -1.35. The first-order valence-corrected chi connectivity index (χ1v) is 9.10. The SMILES string of the molecule is CN=C(NCCOCCS(C)(=O)=O)NCC(=O)NC(C)(C)C. The van der Waals surface area contributed by atoms with Crippen LogP contribution in [0.5, 0.6) is 0 Å². The number of aliphatic imine (C=N–C) groups is 1. The van der Waals surface area contributed by atoms with Gasteiger partial charge in [-0.05, 0) is 20.8 Å². The van der Waals surface area contributed by atoms with Crippen LogP contribution in [0.2, 0.25) is 0 Å². The van der Waals surface area contributed by atoms with E-state index in [9.17, 15) is 13.2 Å². The highest BCUT2D eigenvalue weighted by Gasteiger charge is 2.13. The molecule has 1 amide bonds. The van der Waals surface area contributed by atoms with Gasteiger partial charge in [0.2, 0.25) is 5.91 Å². The maximum atomic E-state index is 11.7. The fraction of sp³-hybridized carbons (Fsp3) is 0.846. The van der Waals surface area contributed by atoms with Gasteiger partial charge in [0.25, 0.3) is 0 Å². The average molecular weight is 336 g/mol. The first-order chi connectivity index (χ1) is 10.0. The summed E-state index contributed by atoms with van der Waals surface area (Å²) in [7, 11) is -1.39. The predicted molar refractivity (Wildman–Crippen MR) is 87.8 cm³/mol. The van der Waals surface area contributed by atoms with E-state index in [2.05, 4.69) is 20.9 Å². The summed E-state index contributed by atoms with van der Waals surface area (Å²) in [5.74, 6) is 0.364. The molecule has 0 aliphatic rings. The number of amides is 1. The number of carbonyl (C=O) groups excluding carboxylic acids is 1.